The molecule has 0 N–H and O–H groups in total. The molecule has 0 bridgehead atoms. The van der Waals surface area contributed by atoms with Crippen molar-refractivity contribution < 1.29 is 4.79 Å². The Kier molecular flexibility index (Phi) is 2.34. The van der Waals surface area contributed by atoms with E-state index in [2.05, 4.69) is 25.2 Å². The van der Waals surface area contributed by atoms with Crippen LogP contribution in [0.5, 0.6) is 0 Å². The number of carbonyl (C=O) groups is 1. The Bertz CT molecular complexity index is 311. The van der Waals surface area contributed by atoms with Crippen LogP contribution >= 0.6 is 0 Å². The van der Waals surface area contributed by atoms with Crippen LogP contribution in [-0.2, 0) is 4.79 Å². The fraction of sp³-hybridized carbons (Fsp3) is 0.615. The summed E-state index contributed by atoms with van der Waals surface area (Å²) in [5.74, 6) is 0.929. The minimum absolute atomic E-state index is 0.258. The van der Waals surface area contributed by atoms with Crippen LogP contribution < -0.4 is 0 Å². The maximum absolute atomic E-state index is 11.3. The van der Waals surface area contributed by atoms with Gasteiger partial charge in [0.1, 0.15) is 0 Å². The molecule has 76 valence electrons. The Balaban J connectivity index is 2.31. The van der Waals surface area contributed by atoms with Crippen LogP contribution in [0.15, 0.2) is 23.8 Å². The molecule has 2 atom stereocenters. The van der Waals surface area contributed by atoms with Gasteiger partial charge in [0.2, 0.25) is 0 Å². The van der Waals surface area contributed by atoms with E-state index in [1.54, 1.807) is 6.92 Å². The van der Waals surface area contributed by atoms with Gasteiger partial charge in [0.05, 0.1) is 0 Å². The van der Waals surface area contributed by atoms with Gasteiger partial charge in [-0.2, -0.15) is 0 Å². The molecule has 0 saturated carbocycles. The summed E-state index contributed by atoms with van der Waals surface area (Å²) in [5.41, 5.74) is 1.31. The molecule has 0 heterocycles. The third-order valence-corrected chi connectivity index (χ3v) is 3.75. The van der Waals surface area contributed by atoms with Gasteiger partial charge in [-0.1, -0.05) is 25.2 Å². The van der Waals surface area contributed by atoms with Gasteiger partial charge in [0.15, 0.2) is 5.78 Å². The molecule has 2 rings (SSSR count). The van der Waals surface area contributed by atoms with Crippen LogP contribution in [0.1, 0.15) is 39.5 Å². The van der Waals surface area contributed by atoms with E-state index in [9.17, 15) is 4.79 Å². The van der Waals surface area contributed by atoms with Crippen molar-refractivity contribution in [2.24, 2.45) is 11.3 Å². The standard InChI is InChI=1S/C13H18O/c1-10(14)11-6-7-12-5-3-4-8-13(12,2)9-11/h3,5,9,12H,4,6-8H2,1-2H3/t12-,13+/m0/s1. The van der Waals surface area contributed by atoms with E-state index in [4.69, 9.17) is 0 Å². The van der Waals surface area contributed by atoms with E-state index in [1.165, 1.54) is 6.42 Å². The largest absolute Gasteiger partial charge is 0.295 e. The van der Waals surface area contributed by atoms with Crippen molar-refractivity contribution in [1.29, 1.82) is 0 Å². The fourth-order valence-electron chi connectivity index (χ4n) is 2.72. The average molecular weight is 190 g/mol. The second-order valence-corrected chi connectivity index (χ2v) is 4.84. The molecular weight excluding hydrogens is 172 g/mol. The molecule has 0 fully saturated rings. The summed E-state index contributed by atoms with van der Waals surface area (Å²) in [4.78, 5) is 11.3. The number of ketones is 1. The number of Topliss-reactive ketones (excluding diaryl/α,β-unsaturated/α-hetero) is 1. The summed E-state index contributed by atoms with van der Waals surface area (Å²) in [7, 11) is 0. The Morgan fingerprint density at radius 3 is 3.07 bits per heavy atom. The summed E-state index contributed by atoms with van der Waals surface area (Å²) >= 11 is 0. The zero-order chi connectivity index (χ0) is 10.2. The van der Waals surface area contributed by atoms with E-state index in [0.29, 0.717) is 5.92 Å². The molecule has 0 saturated heterocycles. The molecule has 0 aromatic carbocycles. The predicted molar refractivity (Wildman–Crippen MR) is 58.0 cm³/mol. The zero-order valence-electron chi connectivity index (χ0n) is 9.05. The summed E-state index contributed by atoms with van der Waals surface area (Å²) in [6.45, 7) is 3.98. The predicted octanol–water partition coefficient (Wildman–Crippen LogP) is 3.27. The van der Waals surface area contributed by atoms with Crippen LogP contribution in [-0.4, -0.2) is 5.78 Å². The minimum Gasteiger partial charge on any atom is -0.295 e. The monoisotopic (exact) mass is 190 g/mol. The highest BCUT2D eigenvalue weighted by atomic mass is 16.1. The lowest BCUT2D eigenvalue weighted by atomic mass is 9.64. The van der Waals surface area contributed by atoms with E-state index < -0.39 is 0 Å². The molecule has 1 nitrogen and oxygen atoms in total. The van der Waals surface area contributed by atoms with Gasteiger partial charge in [-0.15, -0.1) is 0 Å². The van der Waals surface area contributed by atoms with Gasteiger partial charge in [-0.05, 0) is 49.5 Å². The summed E-state index contributed by atoms with van der Waals surface area (Å²) in [6.07, 6.45) is 11.4. The van der Waals surface area contributed by atoms with Gasteiger partial charge in [0, 0.05) is 0 Å². The summed E-state index contributed by atoms with van der Waals surface area (Å²) in [5, 5.41) is 0. The van der Waals surface area contributed by atoms with Crippen molar-refractivity contribution in [1.82, 2.24) is 0 Å². The molecule has 2 aliphatic carbocycles. The van der Waals surface area contributed by atoms with Crippen LogP contribution in [0.2, 0.25) is 0 Å². The number of hydrogen-bond donors (Lipinski definition) is 0. The van der Waals surface area contributed by atoms with E-state index >= 15 is 0 Å². The normalized spacial score (nSPS) is 36.1. The van der Waals surface area contributed by atoms with E-state index in [1.807, 2.05) is 0 Å². The Morgan fingerprint density at radius 1 is 1.57 bits per heavy atom. The maximum atomic E-state index is 11.3. The number of carbonyl (C=O) groups excluding carboxylic acids is 1. The van der Waals surface area contributed by atoms with Gasteiger partial charge >= 0.3 is 0 Å². The van der Waals surface area contributed by atoms with Crippen molar-refractivity contribution >= 4 is 5.78 Å². The first-order valence-electron chi connectivity index (χ1n) is 5.51. The first-order chi connectivity index (χ1) is 6.62. The third-order valence-electron chi connectivity index (χ3n) is 3.75. The summed E-state index contributed by atoms with van der Waals surface area (Å²) < 4.78 is 0. The van der Waals surface area contributed by atoms with Crippen LogP contribution in [0.3, 0.4) is 0 Å². The highest BCUT2D eigenvalue weighted by Gasteiger charge is 2.35. The molecule has 0 aromatic heterocycles. The molecule has 0 aromatic rings. The molecular formula is C13H18O. The quantitative estimate of drug-likeness (QED) is 0.580. The van der Waals surface area contributed by atoms with E-state index in [0.717, 1.165) is 24.8 Å². The second-order valence-electron chi connectivity index (χ2n) is 4.84. The van der Waals surface area contributed by atoms with Gasteiger partial charge in [-0.3, -0.25) is 4.79 Å². The highest BCUT2D eigenvalue weighted by Crippen LogP contribution is 2.45. The molecule has 14 heavy (non-hydrogen) atoms. The molecule has 2 aliphatic rings. The van der Waals surface area contributed by atoms with Crippen molar-refractivity contribution in [3.63, 3.8) is 0 Å². The third kappa shape index (κ3) is 1.56. The Hall–Kier alpha value is -0.850. The van der Waals surface area contributed by atoms with Crippen LogP contribution in [0.4, 0.5) is 0 Å². The average Bonchev–Trinajstić information content (AvgIpc) is 2.15. The summed E-state index contributed by atoms with van der Waals surface area (Å²) in [6, 6.07) is 0. The van der Waals surface area contributed by atoms with E-state index in [-0.39, 0.29) is 11.2 Å². The number of rotatable bonds is 1. The lowest BCUT2D eigenvalue weighted by Crippen LogP contribution is -2.30. The van der Waals surface area contributed by atoms with Crippen molar-refractivity contribution in [2.75, 3.05) is 0 Å². The SMILES string of the molecule is CC(=O)C1=C[C@@]2(C)CCC=C[C@H]2CC1. The first kappa shape index (κ1) is 9.70. The number of fused-ring (bicyclic) bond motifs is 1. The molecule has 0 radical (unpaired) electrons. The number of allylic oxidation sites excluding steroid dienone is 4. The Morgan fingerprint density at radius 2 is 2.36 bits per heavy atom. The fourth-order valence-corrected chi connectivity index (χ4v) is 2.72. The topological polar surface area (TPSA) is 17.1 Å². The van der Waals surface area contributed by atoms with Gasteiger partial charge in [-0.25, -0.2) is 0 Å². The smallest absolute Gasteiger partial charge is 0.155 e. The lowest BCUT2D eigenvalue weighted by molar-refractivity contribution is -0.114. The Labute approximate surface area is 85.9 Å². The first-order valence-corrected chi connectivity index (χ1v) is 5.51. The van der Waals surface area contributed by atoms with Gasteiger partial charge < -0.3 is 0 Å². The second kappa shape index (κ2) is 3.38. The minimum atomic E-state index is 0.258. The molecule has 1 heteroatoms. The van der Waals surface area contributed by atoms with Crippen LogP contribution in [0, 0.1) is 11.3 Å². The molecule has 0 spiro atoms. The van der Waals surface area contributed by atoms with Crippen molar-refractivity contribution in [3.8, 4) is 0 Å². The van der Waals surface area contributed by atoms with Gasteiger partial charge in [0.25, 0.3) is 0 Å². The maximum Gasteiger partial charge on any atom is 0.155 e. The molecule has 0 unspecified atom stereocenters. The zero-order valence-corrected chi connectivity index (χ0v) is 9.05. The highest BCUT2D eigenvalue weighted by molar-refractivity contribution is 5.93. The molecule has 0 aliphatic heterocycles. The number of hydrogen-bond acceptors (Lipinski definition) is 1. The van der Waals surface area contributed by atoms with Crippen LogP contribution in [0.25, 0.3) is 0 Å². The lowest BCUT2D eigenvalue weighted by Gasteiger charge is -2.40. The van der Waals surface area contributed by atoms with Crippen molar-refractivity contribution in [3.05, 3.63) is 23.8 Å². The van der Waals surface area contributed by atoms with Crippen molar-refractivity contribution in [2.45, 2.75) is 39.5 Å². The molecule has 0 amide bonds.